The number of nitrogens with zero attached hydrogens (tertiary/aromatic N) is 3. The molecule has 0 spiro atoms. The van der Waals surface area contributed by atoms with Gasteiger partial charge in [-0.3, -0.25) is 38.5 Å². The van der Waals surface area contributed by atoms with Crippen molar-refractivity contribution in [1.82, 2.24) is 36.1 Å². The van der Waals surface area contributed by atoms with E-state index in [2.05, 4.69) is 26.3 Å². The number of methoxy groups -OCH3 is 1. The normalized spacial score (nSPS) is 16.8. The molecule has 0 radical (unpaired) electrons. The van der Waals surface area contributed by atoms with Crippen molar-refractivity contribution < 1.29 is 81.8 Å². The maximum Gasteiger partial charge on any atom is 0.407 e. The van der Waals surface area contributed by atoms with Crippen LogP contribution in [-0.4, -0.2) is 168 Å². The molecule has 3 unspecified atom stereocenters. The Labute approximate surface area is 498 Å². The largest absolute Gasteiger partial charge is 0.481 e. The monoisotopic (exact) mass is 1200 g/mol. The lowest BCUT2D eigenvalue weighted by atomic mass is 9.92. The third-order valence-corrected chi connectivity index (χ3v) is 15.5. The Balaban J connectivity index is 1.79. The molecule has 5 amide bonds. The molecule has 25 heteroatoms. The van der Waals surface area contributed by atoms with Crippen LogP contribution in [0.5, 0.6) is 5.75 Å². The van der Waals surface area contributed by atoms with Gasteiger partial charge in [0, 0.05) is 57.3 Å². The number of alkyl carbamates (subject to hydrolysis) is 1. The van der Waals surface area contributed by atoms with Crippen molar-refractivity contribution >= 4 is 64.9 Å². The summed E-state index contributed by atoms with van der Waals surface area (Å²) in [6.45, 7) is 19.0. The first-order chi connectivity index (χ1) is 39.7. The van der Waals surface area contributed by atoms with Gasteiger partial charge in [-0.05, 0) is 87.1 Å². The number of hydrogen-bond donors (Lipinski definition) is 6. The Bertz CT molecular complexity index is 2440. The van der Waals surface area contributed by atoms with E-state index in [1.54, 1.807) is 26.0 Å². The minimum Gasteiger partial charge on any atom is -0.481 e. The quantitative estimate of drug-likeness (QED) is 0.0199. The maximum absolute atomic E-state index is 15.0. The molecule has 1 saturated heterocycles. The van der Waals surface area contributed by atoms with Crippen LogP contribution in [0.4, 0.5) is 4.79 Å². The van der Waals surface area contributed by atoms with Gasteiger partial charge in [0.15, 0.2) is 19.1 Å². The van der Waals surface area contributed by atoms with Gasteiger partial charge in [-0.2, -0.15) is 0 Å². The van der Waals surface area contributed by atoms with Gasteiger partial charge >= 0.3 is 30.0 Å². The second-order valence-corrected chi connectivity index (χ2v) is 23.5. The average molecular weight is 1200 g/mol. The molecule has 1 aromatic carbocycles. The maximum atomic E-state index is 15.0. The fraction of sp³-hybridized carbons (Fsp3) is 0.695. The number of nitrogens with one attached hydrogen (secondary N) is 4. The number of aliphatic hydroxyl groups excluding tert-OH is 1. The van der Waals surface area contributed by atoms with Crippen molar-refractivity contribution in [3.63, 3.8) is 0 Å². The molecule has 0 bridgehead atoms. The fourth-order valence-electron chi connectivity index (χ4n) is 9.29. The summed E-state index contributed by atoms with van der Waals surface area (Å²) in [5.74, 6) is -6.72. The Morgan fingerprint density at radius 2 is 1.56 bits per heavy atom. The standard InChI is InChI=1S/C59H93N7O17S/c1-14-37(9)52(64-54(72)45-18-16-17-25-65(45)12)56(73)66(33-80-49(70)26-34(3)4)46(35(5)6)29-47(81-39(11)68)55-62-44(32-84-55)53(71)61-41(27-38(10)57(74)75)28-40-19-21-43(22-20-40)83-58(76)51(36(7)8)63-48(69)23-24-60-59(77)79-31-50(78-13)82-42(15-2)30-67/h19-22,32,34-38,41-42,45-47,50-52,67H,14-18,23-31,33H2,1-13H3,(H,60,77)(H,61,71)(H,63,69)(H,64,72)(H,74,75)/t37-,38-,41+,42?,45+,46+,47+,50?,51?,52-/m0/s1. The zero-order chi connectivity index (χ0) is 62.8. The second kappa shape index (κ2) is 36.5. The molecular formula is C59H93N7O17S. The van der Waals surface area contributed by atoms with Crippen molar-refractivity contribution in [3.8, 4) is 5.75 Å². The summed E-state index contributed by atoms with van der Waals surface area (Å²) in [5.41, 5.74) is 0.608. The van der Waals surface area contributed by atoms with Crippen LogP contribution >= 0.6 is 11.3 Å². The number of aliphatic hydroxyl groups is 1. The molecule has 6 N–H and O–H groups in total. The number of carbonyl (C=O) groups excluding carboxylic acids is 8. The molecule has 1 fully saturated rings. The highest BCUT2D eigenvalue weighted by Gasteiger charge is 2.40. The average Bonchev–Trinajstić information content (AvgIpc) is 3.12. The zero-order valence-corrected chi connectivity index (χ0v) is 52.1. The van der Waals surface area contributed by atoms with E-state index in [0.717, 1.165) is 30.7 Å². The summed E-state index contributed by atoms with van der Waals surface area (Å²) in [6, 6.07) is 2.40. The summed E-state index contributed by atoms with van der Waals surface area (Å²) in [6.07, 6.45) is 0.265. The van der Waals surface area contributed by atoms with Crippen molar-refractivity contribution in [2.75, 3.05) is 47.2 Å². The molecule has 24 nitrogen and oxygen atoms in total. The van der Waals surface area contributed by atoms with E-state index in [9.17, 15) is 53.4 Å². The van der Waals surface area contributed by atoms with Crippen LogP contribution in [0.1, 0.15) is 161 Å². The molecule has 1 aliphatic rings. The van der Waals surface area contributed by atoms with Gasteiger partial charge in [-0.15, -0.1) is 11.3 Å². The molecule has 2 heterocycles. The van der Waals surface area contributed by atoms with Gasteiger partial charge < -0.3 is 64.8 Å². The smallest absolute Gasteiger partial charge is 0.407 e. The SMILES string of the molecule is CCC(CO)OC(COC(=O)NCCC(=O)NC(C(=O)Oc1ccc(C[C@@H](C[C@H](C)C(=O)O)NC(=O)c2csc([C@@H](C[C@H](C(C)C)N(COC(=O)CC(C)C)C(=O)[C@@H](NC(=O)[C@H]3CCCCN3C)[C@@H](C)CC)OC(C)=O)n2)cc1)C(C)C)OC. The van der Waals surface area contributed by atoms with E-state index in [1.165, 1.54) is 43.4 Å². The summed E-state index contributed by atoms with van der Waals surface area (Å²) in [4.78, 5) is 127. The van der Waals surface area contributed by atoms with Crippen LogP contribution in [0.3, 0.4) is 0 Å². The highest BCUT2D eigenvalue weighted by atomic mass is 32.1. The topological polar surface area (TPSA) is 317 Å². The summed E-state index contributed by atoms with van der Waals surface area (Å²) >= 11 is 1.05. The van der Waals surface area contributed by atoms with Crippen LogP contribution in [0.25, 0.3) is 0 Å². The number of carboxylic acid groups (broad SMARTS) is 1. The van der Waals surface area contributed by atoms with E-state index in [1.807, 2.05) is 60.4 Å². The molecule has 10 atom stereocenters. The second-order valence-electron chi connectivity index (χ2n) is 22.6. The number of hydrogen-bond acceptors (Lipinski definition) is 19. The Morgan fingerprint density at radius 3 is 2.13 bits per heavy atom. The van der Waals surface area contributed by atoms with Crippen LogP contribution in [0, 0.1) is 29.6 Å². The highest BCUT2D eigenvalue weighted by molar-refractivity contribution is 7.09. The van der Waals surface area contributed by atoms with E-state index in [0.29, 0.717) is 24.8 Å². The van der Waals surface area contributed by atoms with Gasteiger partial charge in [-0.25, -0.2) is 14.6 Å². The molecule has 84 heavy (non-hydrogen) atoms. The molecule has 1 aliphatic heterocycles. The predicted octanol–water partition coefficient (Wildman–Crippen LogP) is 5.93. The number of ether oxygens (including phenoxy) is 6. The van der Waals surface area contributed by atoms with Crippen LogP contribution in [-0.2, 0) is 63.7 Å². The predicted molar refractivity (Wildman–Crippen MR) is 311 cm³/mol. The molecule has 0 aliphatic carbocycles. The number of aromatic nitrogens is 1. The molecular weight excluding hydrogens is 1110 g/mol. The lowest BCUT2D eigenvalue weighted by molar-refractivity contribution is -0.181. The molecule has 472 valence electrons. The highest BCUT2D eigenvalue weighted by Crippen LogP contribution is 2.32. The molecule has 1 aromatic heterocycles. The van der Waals surface area contributed by atoms with Gasteiger partial charge in [0.1, 0.15) is 35.1 Å². The number of likely N-dealkylation sites (N-methyl/N-ethyl adjacent to an activating group) is 1. The number of carboxylic acids is 1. The minimum atomic E-state index is -1.09. The number of carbonyl (C=O) groups is 9. The van der Waals surface area contributed by atoms with Gasteiger partial charge in [-0.1, -0.05) is 94.2 Å². The zero-order valence-electron chi connectivity index (χ0n) is 51.3. The number of piperidine rings is 1. The summed E-state index contributed by atoms with van der Waals surface area (Å²) in [7, 11) is 3.25. The molecule has 2 aromatic rings. The Kier molecular flexibility index (Phi) is 31.3. The van der Waals surface area contributed by atoms with E-state index in [-0.39, 0.29) is 92.0 Å². The van der Waals surface area contributed by atoms with Crippen molar-refractivity contribution in [2.45, 2.75) is 189 Å². The first kappa shape index (κ1) is 72.0. The fourth-order valence-corrected chi connectivity index (χ4v) is 10.1. The van der Waals surface area contributed by atoms with Crippen molar-refractivity contribution in [2.24, 2.45) is 29.6 Å². The van der Waals surface area contributed by atoms with Crippen LogP contribution in [0.15, 0.2) is 29.6 Å². The number of benzene rings is 1. The minimum absolute atomic E-state index is 0.0164. The van der Waals surface area contributed by atoms with Gasteiger partial charge in [0.05, 0.1) is 24.7 Å². The van der Waals surface area contributed by atoms with Crippen molar-refractivity contribution in [3.05, 3.63) is 45.9 Å². The molecule has 3 rings (SSSR count). The number of esters is 3. The summed E-state index contributed by atoms with van der Waals surface area (Å²) < 4.78 is 33.0. The van der Waals surface area contributed by atoms with E-state index < -0.39 is 115 Å². The first-order valence-corrected chi connectivity index (χ1v) is 30.0. The lowest BCUT2D eigenvalue weighted by Gasteiger charge is -2.39. The van der Waals surface area contributed by atoms with Crippen LogP contribution < -0.4 is 26.0 Å². The third kappa shape index (κ3) is 24.4. The number of likely N-dealkylation sites (tertiary alicyclic amines) is 1. The van der Waals surface area contributed by atoms with E-state index in [4.69, 9.17) is 28.4 Å². The van der Waals surface area contributed by atoms with Gasteiger partial charge in [0.25, 0.3) is 5.91 Å². The van der Waals surface area contributed by atoms with Crippen LogP contribution in [0.2, 0.25) is 0 Å². The van der Waals surface area contributed by atoms with E-state index >= 15 is 0 Å². The third-order valence-electron chi connectivity index (χ3n) is 14.5. The van der Waals surface area contributed by atoms with Gasteiger partial charge in [0.2, 0.25) is 17.7 Å². The lowest BCUT2D eigenvalue weighted by Crippen LogP contribution is -2.59. The number of thiazole rings is 1. The summed E-state index contributed by atoms with van der Waals surface area (Å²) in [5, 5.41) is 32.0. The number of aliphatic carboxylic acids is 1. The molecule has 0 saturated carbocycles. The Morgan fingerprint density at radius 1 is 0.869 bits per heavy atom. The number of amides is 5. The first-order valence-electron chi connectivity index (χ1n) is 29.1. The Hall–Kier alpha value is -6.28. The van der Waals surface area contributed by atoms with Crippen molar-refractivity contribution in [1.29, 1.82) is 0 Å². The number of rotatable bonds is 36.